The summed E-state index contributed by atoms with van der Waals surface area (Å²) in [5.41, 5.74) is 2.31. The normalized spacial score (nSPS) is 15.6. The number of hydrogen-bond donors (Lipinski definition) is 1. The van der Waals surface area contributed by atoms with E-state index in [0.29, 0.717) is 17.2 Å². The van der Waals surface area contributed by atoms with Gasteiger partial charge in [0, 0.05) is 30.4 Å². The summed E-state index contributed by atoms with van der Waals surface area (Å²) in [5.74, 6) is -0.808. The molecule has 0 bridgehead atoms. The molecule has 1 atom stereocenters. The van der Waals surface area contributed by atoms with Crippen LogP contribution >= 0.6 is 0 Å². The molecule has 2 aromatic carbocycles. The van der Waals surface area contributed by atoms with Crippen molar-refractivity contribution in [3.05, 3.63) is 48.0 Å². The quantitative estimate of drug-likeness (QED) is 0.703. The summed E-state index contributed by atoms with van der Waals surface area (Å²) in [6, 6.07) is 12.4. The van der Waals surface area contributed by atoms with Crippen molar-refractivity contribution >= 4 is 29.2 Å². The van der Waals surface area contributed by atoms with Crippen LogP contribution in [0, 0.1) is 12.8 Å². The minimum atomic E-state index is -0.604. The molecule has 1 saturated heterocycles. The Kier molecular flexibility index (Phi) is 6.56. The van der Waals surface area contributed by atoms with Gasteiger partial charge in [-0.15, -0.1) is 0 Å². The molecule has 1 aliphatic heterocycles. The molecule has 0 saturated carbocycles. The van der Waals surface area contributed by atoms with Gasteiger partial charge < -0.3 is 24.4 Å². The van der Waals surface area contributed by atoms with Gasteiger partial charge in [-0.05, 0) is 31.2 Å². The zero-order valence-corrected chi connectivity index (χ0v) is 17.1. The van der Waals surface area contributed by atoms with Crippen LogP contribution in [0.2, 0.25) is 0 Å². The lowest BCUT2D eigenvalue weighted by molar-refractivity contribution is -0.151. The van der Waals surface area contributed by atoms with Gasteiger partial charge in [-0.2, -0.15) is 0 Å². The number of amides is 2. The van der Waals surface area contributed by atoms with E-state index >= 15 is 0 Å². The first-order chi connectivity index (χ1) is 14.4. The Morgan fingerprint density at radius 2 is 1.77 bits per heavy atom. The number of nitrogens with zero attached hydrogens (tertiary/aromatic N) is 1. The molecule has 158 valence electrons. The van der Waals surface area contributed by atoms with Crippen molar-refractivity contribution in [3.8, 4) is 11.5 Å². The highest BCUT2D eigenvalue weighted by molar-refractivity contribution is 6.00. The third-order valence-corrected chi connectivity index (χ3v) is 4.82. The monoisotopic (exact) mass is 412 g/mol. The van der Waals surface area contributed by atoms with Crippen LogP contribution in [-0.2, 0) is 19.1 Å². The van der Waals surface area contributed by atoms with E-state index in [4.69, 9.17) is 14.2 Å². The average molecular weight is 412 g/mol. The third-order valence-electron chi connectivity index (χ3n) is 4.82. The molecule has 8 nitrogen and oxygen atoms in total. The number of nitrogens with one attached hydrogen (secondary N) is 1. The first-order valence-electron chi connectivity index (χ1n) is 9.47. The fraction of sp³-hybridized carbons (Fsp3) is 0.318. The van der Waals surface area contributed by atoms with E-state index in [1.807, 2.05) is 31.2 Å². The number of carbonyl (C=O) groups excluding carboxylic acids is 3. The van der Waals surface area contributed by atoms with Gasteiger partial charge in [-0.1, -0.05) is 17.7 Å². The first-order valence-corrected chi connectivity index (χ1v) is 9.47. The van der Waals surface area contributed by atoms with E-state index in [0.717, 1.165) is 11.3 Å². The lowest BCUT2D eigenvalue weighted by atomic mass is 10.1. The lowest BCUT2D eigenvalue weighted by Gasteiger charge is -2.16. The summed E-state index contributed by atoms with van der Waals surface area (Å²) < 4.78 is 15.5. The topological polar surface area (TPSA) is 94.2 Å². The number of esters is 1. The van der Waals surface area contributed by atoms with E-state index in [1.165, 1.54) is 14.2 Å². The van der Waals surface area contributed by atoms with Crippen molar-refractivity contribution < 1.29 is 28.6 Å². The summed E-state index contributed by atoms with van der Waals surface area (Å²) in [4.78, 5) is 38.3. The van der Waals surface area contributed by atoms with Gasteiger partial charge in [0.2, 0.25) is 5.91 Å². The Morgan fingerprint density at radius 3 is 2.43 bits per heavy atom. The van der Waals surface area contributed by atoms with Crippen LogP contribution in [0.3, 0.4) is 0 Å². The number of carbonyl (C=O) groups is 3. The van der Waals surface area contributed by atoms with Crippen LogP contribution in [0.4, 0.5) is 11.4 Å². The Hall–Kier alpha value is -3.55. The van der Waals surface area contributed by atoms with Crippen LogP contribution < -0.4 is 19.7 Å². The molecule has 1 heterocycles. The molecule has 1 aliphatic rings. The molecular formula is C22H24N2O6. The minimum absolute atomic E-state index is 0.0595. The van der Waals surface area contributed by atoms with Gasteiger partial charge in [0.25, 0.3) is 5.91 Å². The van der Waals surface area contributed by atoms with E-state index in [2.05, 4.69) is 5.32 Å². The maximum absolute atomic E-state index is 12.3. The second kappa shape index (κ2) is 9.30. The smallest absolute Gasteiger partial charge is 0.311 e. The van der Waals surface area contributed by atoms with E-state index < -0.39 is 24.4 Å². The van der Waals surface area contributed by atoms with Crippen molar-refractivity contribution in [2.24, 2.45) is 5.92 Å². The number of anilines is 2. The number of methoxy groups -OCH3 is 2. The van der Waals surface area contributed by atoms with Gasteiger partial charge in [-0.25, -0.2) is 0 Å². The molecule has 30 heavy (non-hydrogen) atoms. The van der Waals surface area contributed by atoms with Gasteiger partial charge >= 0.3 is 5.97 Å². The Bertz CT molecular complexity index is 941. The predicted octanol–water partition coefficient (Wildman–Crippen LogP) is 2.55. The van der Waals surface area contributed by atoms with Gasteiger partial charge in [0.1, 0.15) is 0 Å². The molecule has 1 N–H and O–H groups in total. The van der Waals surface area contributed by atoms with Crippen LogP contribution in [0.25, 0.3) is 0 Å². The van der Waals surface area contributed by atoms with E-state index in [9.17, 15) is 14.4 Å². The van der Waals surface area contributed by atoms with E-state index in [-0.39, 0.29) is 18.9 Å². The van der Waals surface area contributed by atoms with Gasteiger partial charge in [-0.3, -0.25) is 14.4 Å². The van der Waals surface area contributed by atoms with Crippen LogP contribution in [0.5, 0.6) is 11.5 Å². The van der Waals surface area contributed by atoms with Crippen LogP contribution in [0.1, 0.15) is 12.0 Å². The molecule has 1 fully saturated rings. The highest BCUT2D eigenvalue weighted by atomic mass is 16.5. The number of rotatable bonds is 7. The van der Waals surface area contributed by atoms with Crippen molar-refractivity contribution in [2.75, 3.05) is 37.6 Å². The Balaban J connectivity index is 1.52. The summed E-state index contributed by atoms with van der Waals surface area (Å²) in [6.07, 6.45) is 0.0595. The molecule has 8 heteroatoms. The molecular weight excluding hydrogens is 388 g/mol. The molecule has 0 aromatic heterocycles. The maximum Gasteiger partial charge on any atom is 0.311 e. The lowest BCUT2D eigenvalue weighted by Crippen LogP contribution is -2.28. The van der Waals surface area contributed by atoms with Crippen molar-refractivity contribution in [1.82, 2.24) is 0 Å². The fourth-order valence-electron chi connectivity index (χ4n) is 3.21. The Labute approximate surface area is 174 Å². The van der Waals surface area contributed by atoms with E-state index in [1.54, 1.807) is 23.1 Å². The SMILES string of the molecule is COc1ccc(NC(=O)COC(=O)[C@H]2CC(=O)N(c3ccc(C)cc3)C2)cc1OC. The standard InChI is InChI=1S/C22H24N2O6/c1-14-4-7-17(8-5-14)24-12-15(10-21(24)26)22(27)30-13-20(25)23-16-6-9-18(28-2)19(11-16)29-3/h4-9,11,15H,10,12-13H2,1-3H3,(H,23,25)/t15-/m0/s1. The summed E-state index contributed by atoms with van der Waals surface area (Å²) >= 11 is 0. The zero-order chi connectivity index (χ0) is 21.7. The first kappa shape index (κ1) is 21.2. The maximum atomic E-state index is 12.3. The average Bonchev–Trinajstić information content (AvgIpc) is 3.14. The highest BCUT2D eigenvalue weighted by Gasteiger charge is 2.36. The van der Waals surface area contributed by atoms with Gasteiger partial charge in [0.15, 0.2) is 18.1 Å². The van der Waals surface area contributed by atoms with Crippen LogP contribution in [-0.4, -0.2) is 45.2 Å². The second-order valence-corrected chi connectivity index (χ2v) is 6.97. The minimum Gasteiger partial charge on any atom is -0.493 e. The van der Waals surface area contributed by atoms with Crippen LogP contribution in [0.15, 0.2) is 42.5 Å². The van der Waals surface area contributed by atoms with Gasteiger partial charge in [0.05, 0.1) is 20.1 Å². The number of hydrogen-bond acceptors (Lipinski definition) is 6. The predicted molar refractivity (Wildman–Crippen MR) is 111 cm³/mol. The Morgan fingerprint density at radius 1 is 1.07 bits per heavy atom. The van der Waals surface area contributed by atoms with Crippen molar-refractivity contribution in [1.29, 1.82) is 0 Å². The highest BCUT2D eigenvalue weighted by Crippen LogP contribution is 2.30. The molecule has 0 unspecified atom stereocenters. The fourth-order valence-corrected chi connectivity index (χ4v) is 3.21. The number of aryl methyl sites for hydroxylation is 1. The van der Waals surface area contributed by atoms with Crippen molar-refractivity contribution in [2.45, 2.75) is 13.3 Å². The van der Waals surface area contributed by atoms with Crippen molar-refractivity contribution in [3.63, 3.8) is 0 Å². The third kappa shape index (κ3) is 4.89. The molecule has 0 spiro atoms. The summed E-state index contributed by atoms with van der Waals surface area (Å²) in [5, 5.41) is 2.63. The number of ether oxygens (including phenoxy) is 3. The molecule has 2 aromatic rings. The summed E-state index contributed by atoms with van der Waals surface area (Å²) in [7, 11) is 3.01. The molecule has 3 rings (SSSR count). The molecule has 0 radical (unpaired) electrons. The largest absolute Gasteiger partial charge is 0.493 e. The molecule has 0 aliphatic carbocycles. The summed E-state index contributed by atoms with van der Waals surface area (Å²) in [6.45, 7) is 1.75. The molecule has 2 amide bonds. The second-order valence-electron chi connectivity index (χ2n) is 6.97. The number of benzene rings is 2. The zero-order valence-electron chi connectivity index (χ0n) is 17.1.